The molecule has 0 atom stereocenters. The van der Waals surface area contributed by atoms with Crippen molar-refractivity contribution in [2.75, 3.05) is 50.0 Å². The van der Waals surface area contributed by atoms with Crippen LogP contribution in [0.2, 0.25) is 0 Å². The fourth-order valence-electron chi connectivity index (χ4n) is 3.97. The van der Waals surface area contributed by atoms with E-state index in [1.54, 1.807) is 43.6 Å². The second-order valence-electron chi connectivity index (χ2n) is 9.61. The lowest BCUT2D eigenvalue weighted by Gasteiger charge is -2.34. The van der Waals surface area contributed by atoms with Crippen molar-refractivity contribution in [3.05, 3.63) is 72.7 Å². The summed E-state index contributed by atoms with van der Waals surface area (Å²) in [6.07, 6.45) is 3.20. The van der Waals surface area contributed by atoms with Crippen LogP contribution in [-0.2, 0) is 5.60 Å². The van der Waals surface area contributed by atoms with Crippen molar-refractivity contribution in [1.82, 2.24) is 25.2 Å². The van der Waals surface area contributed by atoms with Gasteiger partial charge in [-0.2, -0.15) is 4.98 Å². The van der Waals surface area contributed by atoms with Crippen molar-refractivity contribution in [2.24, 2.45) is 0 Å². The highest BCUT2D eigenvalue weighted by molar-refractivity contribution is 5.96. The van der Waals surface area contributed by atoms with E-state index in [4.69, 9.17) is 0 Å². The predicted octanol–water partition coefficient (Wildman–Crippen LogP) is 2.04. The molecule has 1 aliphatic heterocycles. The van der Waals surface area contributed by atoms with E-state index in [2.05, 4.69) is 61.1 Å². The molecule has 1 amide bonds. The average molecular weight is 504 g/mol. The first-order chi connectivity index (χ1) is 17.7. The molecule has 5 N–H and O–H groups in total. The Hall–Kier alpha value is -3.86. The number of quaternary nitrogens is 1. The highest BCUT2D eigenvalue weighted by Crippen LogP contribution is 2.22. The number of benzene rings is 1. The summed E-state index contributed by atoms with van der Waals surface area (Å²) in [4.78, 5) is 31.1. The van der Waals surface area contributed by atoms with Gasteiger partial charge in [-0.1, -0.05) is 12.1 Å². The van der Waals surface area contributed by atoms with Gasteiger partial charge in [0.15, 0.2) is 11.4 Å². The summed E-state index contributed by atoms with van der Waals surface area (Å²) in [5.41, 5.74) is 2.17. The van der Waals surface area contributed by atoms with Crippen molar-refractivity contribution < 1.29 is 15.2 Å². The van der Waals surface area contributed by atoms with Crippen LogP contribution in [0, 0.1) is 0 Å². The number of rotatable bonds is 9. The normalized spacial score (nSPS) is 14.3. The zero-order valence-corrected chi connectivity index (χ0v) is 21.6. The third kappa shape index (κ3) is 6.88. The molecule has 1 aliphatic rings. The zero-order chi connectivity index (χ0) is 26.4. The number of piperazine rings is 1. The van der Waals surface area contributed by atoms with Crippen molar-refractivity contribution in [1.29, 1.82) is 0 Å². The van der Waals surface area contributed by atoms with Gasteiger partial charge in [-0.05, 0) is 51.2 Å². The summed E-state index contributed by atoms with van der Waals surface area (Å²) in [6.45, 7) is 11.4. The van der Waals surface area contributed by atoms with E-state index in [0.717, 1.165) is 31.9 Å². The SMILES string of the molecule is C=CCNC(=O)c1nc(Nc2ccc(N3CCN(C)CC3)cc2)ncc1[NH2+]c1cccc(C(C)(C)O)n1. The first-order valence-corrected chi connectivity index (χ1v) is 12.3. The van der Waals surface area contributed by atoms with E-state index in [1.165, 1.54) is 5.69 Å². The van der Waals surface area contributed by atoms with Gasteiger partial charge < -0.3 is 25.5 Å². The molecule has 4 rings (SSSR count). The third-order valence-electron chi connectivity index (χ3n) is 6.13. The second-order valence-corrected chi connectivity index (χ2v) is 9.61. The summed E-state index contributed by atoms with van der Waals surface area (Å²) in [7, 11) is 2.14. The summed E-state index contributed by atoms with van der Waals surface area (Å²) in [5.74, 6) is 0.549. The number of pyridine rings is 1. The number of nitrogens with one attached hydrogen (secondary N) is 2. The number of hydrogen-bond acceptors (Lipinski definition) is 8. The summed E-state index contributed by atoms with van der Waals surface area (Å²) in [5, 5.41) is 18.0. The van der Waals surface area contributed by atoms with Crippen LogP contribution in [0.1, 0.15) is 30.0 Å². The number of aliphatic hydroxyl groups is 1. The van der Waals surface area contributed by atoms with E-state index in [9.17, 15) is 9.90 Å². The van der Waals surface area contributed by atoms with Crippen LogP contribution in [0.15, 0.2) is 61.3 Å². The minimum absolute atomic E-state index is 0.212. The first kappa shape index (κ1) is 26.2. The second kappa shape index (κ2) is 11.5. The van der Waals surface area contributed by atoms with Crippen LogP contribution in [-0.4, -0.2) is 70.6 Å². The number of nitrogens with zero attached hydrogens (tertiary/aromatic N) is 5. The van der Waals surface area contributed by atoms with Crippen molar-refractivity contribution >= 4 is 34.7 Å². The third-order valence-corrected chi connectivity index (χ3v) is 6.13. The summed E-state index contributed by atoms with van der Waals surface area (Å²) < 4.78 is 0. The zero-order valence-electron chi connectivity index (χ0n) is 21.6. The number of carbonyl (C=O) groups is 1. The van der Waals surface area contributed by atoms with Gasteiger partial charge in [-0.25, -0.2) is 9.97 Å². The van der Waals surface area contributed by atoms with Gasteiger partial charge in [0.25, 0.3) is 5.91 Å². The number of anilines is 3. The molecule has 10 nitrogen and oxygen atoms in total. The lowest BCUT2D eigenvalue weighted by Crippen LogP contribution is -2.72. The Kier molecular flexibility index (Phi) is 8.12. The molecule has 1 saturated heterocycles. The molecule has 3 aromatic rings. The fourth-order valence-corrected chi connectivity index (χ4v) is 3.97. The predicted molar refractivity (Wildman–Crippen MR) is 145 cm³/mol. The maximum absolute atomic E-state index is 12.9. The first-order valence-electron chi connectivity index (χ1n) is 12.3. The smallest absolute Gasteiger partial charge is 0.276 e. The lowest BCUT2D eigenvalue weighted by molar-refractivity contribution is -0.483. The number of hydrogen-bond donors (Lipinski definition) is 4. The van der Waals surface area contributed by atoms with E-state index >= 15 is 0 Å². The fraction of sp³-hybridized carbons (Fsp3) is 0.333. The number of nitrogens with two attached hydrogens (primary N) is 1. The van der Waals surface area contributed by atoms with Crippen LogP contribution in [0.5, 0.6) is 0 Å². The van der Waals surface area contributed by atoms with Crippen LogP contribution < -0.4 is 20.9 Å². The van der Waals surface area contributed by atoms with Crippen molar-refractivity contribution in [3.8, 4) is 0 Å². The highest BCUT2D eigenvalue weighted by atomic mass is 16.3. The molecular weight excluding hydrogens is 468 g/mol. The topological polar surface area (TPSA) is 123 Å². The lowest BCUT2D eigenvalue weighted by atomic mass is 10.1. The number of aromatic nitrogens is 3. The Bertz CT molecular complexity index is 1230. The molecule has 3 heterocycles. The van der Waals surface area contributed by atoms with Crippen LogP contribution >= 0.6 is 0 Å². The van der Waals surface area contributed by atoms with Gasteiger partial charge in [-0.3, -0.25) is 10.1 Å². The highest BCUT2D eigenvalue weighted by Gasteiger charge is 2.22. The largest absolute Gasteiger partial charge is 0.384 e. The molecule has 0 aliphatic carbocycles. The molecule has 0 spiro atoms. The molecule has 2 aromatic heterocycles. The molecule has 1 fully saturated rings. The number of likely N-dealkylation sites (N-methyl/N-ethyl adjacent to an activating group) is 1. The summed E-state index contributed by atoms with van der Waals surface area (Å²) >= 11 is 0. The Labute approximate surface area is 217 Å². The standard InChI is InChI=1S/C27H34N8O2/c1-5-13-28-25(36)24-21(31-23-8-6-7-22(32-23)27(2,3)37)18-29-26(33-24)30-19-9-11-20(12-10-19)35-16-14-34(4)15-17-35/h5-12,18,37H,1,13-17H2,2-4H3,(H,28,36)(H,31,32)(H,29,30,33)/p+1. The molecule has 0 radical (unpaired) electrons. The van der Waals surface area contributed by atoms with Gasteiger partial charge >= 0.3 is 0 Å². The molecule has 1 aromatic carbocycles. The van der Waals surface area contributed by atoms with E-state index < -0.39 is 5.60 Å². The van der Waals surface area contributed by atoms with Crippen LogP contribution in [0.4, 0.5) is 28.8 Å². The Morgan fingerprint density at radius 1 is 1.14 bits per heavy atom. The van der Waals surface area contributed by atoms with Crippen molar-refractivity contribution in [3.63, 3.8) is 0 Å². The number of amides is 1. The molecule has 37 heavy (non-hydrogen) atoms. The Morgan fingerprint density at radius 2 is 1.86 bits per heavy atom. The maximum Gasteiger partial charge on any atom is 0.276 e. The van der Waals surface area contributed by atoms with E-state index in [1.807, 2.05) is 18.2 Å². The van der Waals surface area contributed by atoms with Gasteiger partial charge in [0, 0.05) is 50.2 Å². The van der Waals surface area contributed by atoms with Crippen LogP contribution in [0.3, 0.4) is 0 Å². The van der Waals surface area contributed by atoms with Gasteiger partial charge in [0.05, 0.1) is 11.9 Å². The number of carbonyl (C=O) groups excluding carboxylic acids is 1. The molecule has 0 bridgehead atoms. The Morgan fingerprint density at radius 3 is 2.54 bits per heavy atom. The molecule has 194 valence electrons. The monoisotopic (exact) mass is 503 g/mol. The minimum Gasteiger partial charge on any atom is -0.384 e. The van der Waals surface area contributed by atoms with Gasteiger partial charge in [-0.15, -0.1) is 6.58 Å². The summed E-state index contributed by atoms with van der Waals surface area (Å²) in [6, 6.07) is 13.5. The van der Waals surface area contributed by atoms with Gasteiger partial charge in [0.1, 0.15) is 5.60 Å². The maximum atomic E-state index is 12.9. The van der Waals surface area contributed by atoms with Crippen molar-refractivity contribution in [2.45, 2.75) is 19.4 Å². The molecule has 0 unspecified atom stereocenters. The average Bonchev–Trinajstić information content (AvgIpc) is 2.89. The van der Waals surface area contributed by atoms with Gasteiger partial charge in [0.2, 0.25) is 11.8 Å². The minimum atomic E-state index is -1.09. The van der Waals surface area contributed by atoms with Crippen LogP contribution in [0.25, 0.3) is 0 Å². The molecule has 0 saturated carbocycles. The van der Waals surface area contributed by atoms with E-state index in [0.29, 0.717) is 29.7 Å². The quantitative estimate of drug-likeness (QED) is 0.327. The van der Waals surface area contributed by atoms with E-state index in [-0.39, 0.29) is 11.6 Å². The molecular formula is C27H35N8O2+. The Balaban J connectivity index is 1.54. The molecule has 10 heteroatoms.